The molecule has 0 saturated carbocycles. The quantitative estimate of drug-likeness (QED) is 0.413. The first-order valence-corrected chi connectivity index (χ1v) is 8.07. The number of halogens is 1. The molecule has 0 fully saturated rings. The molecule has 134 valence electrons. The third kappa shape index (κ3) is 5.22. The van der Waals surface area contributed by atoms with E-state index >= 15 is 0 Å². The van der Waals surface area contributed by atoms with Crippen LogP contribution in [0.3, 0.4) is 0 Å². The zero-order valence-corrected chi connectivity index (χ0v) is 16.7. The predicted octanol–water partition coefficient (Wildman–Crippen LogP) is 2.99. The molecule has 0 aliphatic carbocycles. The molecule has 0 spiro atoms. The zero-order valence-electron chi connectivity index (χ0n) is 14.4. The Hall–Kier alpha value is -2.03. The molecule has 2 heterocycles. The van der Waals surface area contributed by atoms with Gasteiger partial charge in [0.25, 0.3) is 0 Å². The second kappa shape index (κ2) is 9.45. The van der Waals surface area contributed by atoms with E-state index in [0.717, 1.165) is 40.8 Å². The van der Waals surface area contributed by atoms with Gasteiger partial charge in [-0.3, -0.25) is 4.98 Å². The summed E-state index contributed by atoms with van der Waals surface area (Å²) in [6.45, 7) is 6.39. The second-order valence-corrected chi connectivity index (χ2v) is 5.50. The predicted molar refractivity (Wildman–Crippen MR) is 109 cm³/mol. The number of aryl methyl sites for hydroxylation is 1. The van der Waals surface area contributed by atoms with Gasteiger partial charge in [0, 0.05) is 12.7 Å². The van der Waals surface area contributed by atoms with E-state index in [9.17, 15) is 0 Å². The minimum absolute atomic E-state index is 0. The SMILES string of the molecule is CCNC(=NCc1ccc2c(c1)OCO2)NCc1ncccc1C.I. The first kappa shape index (κ1) is 19.3. The van der Waals surface area contributed by atoms with Crippen LogP contribution in [0.4, 0.5) is 0 Å². The molecule has 0 radical (unpaired) electrons. The van der Waals surface area contributed by atoms with Crippen molar-refractivity contribution in [1.82, 2.24) is 15.6 Å². The van der Waals surface area contributed by atoms with Crippen molar-refractivity contribution in [3.8, 4) is 11.5 Å². The van der Waals surface area contributed by atoms with Gasteiger partial charge >= 0.3 is 0 Å². The summed E-state index contributed by atoms with van der Waals surface area (Å²) in [5, 5.41) is 6.57. The maximum absolute atomic E-state index is 5.40. The third-order valence-corrected chi connectivity index (χ3v) is 3.74. The fourth-order valence-corrected chi connectivity index (χ4v) is 2.42. The lowest BCUT2D eigenvalue weighted by molar-refractivity contribution is 0.174. The molecule has 1 aromatic carbocycles. The summed E-state index contributed by atoms with van der Waals surface area (Å²) in [6.07, 6.45) is 1.81. The smallest absolute Gasteiger partial charge is 0.231 e. The number of aromatic nitrogens is 1. The van der Waals surface area contributed by atoms with E-state index in [1.54, 1.807) is 6.20 Å². The molecule has 1 aliphatic rings. The highest BCUT2D eigenvalue weighted by atomic mass is 127. The molecule has 6 nitrogen and oxygen atoms in total. The number of aliphatic imine (C=N–C) groups is 1. The molecular formula is C18H23IN4O2. The number of benzene rings is 1. The molecule has 2 aromatic rings. The Labute approximate surface area is 165 Å². The van der Waals surface area contributed by atoms with E-state index in [0.29, 0.717) is 13.1 Å². The van der Waals surface area contributed by atoms with E-state index in [-0.39, 0.29) is 30.8 Å². The molecule has 25 heavy (non-hydrogen) atoms. The fraction of sp³-hybridized carbons (Fsp3) is 0.333. The van der Waals surface area contributed by atoms with Crippen LogP contribution in [-0.4, -0.2) is 24.3 Å². The summed E-state index contributed by atoms with van der Waals surface area (Å²) >= 11 is 0. The van der Waals surface area contributed by atoms with Crippen molar-refractivity contribution in [2.75, 3.05) is 13.3 Å². The molecule has 2 N–H and O–H groups in total. The Morgan fingerprint density at radius 1 is 1.20 bits per heavy atom. The van der Waals surface area contributed by atoms with Gasteiger partial charge in [0.05, 0.1) is 18.8 Å². The van der Waals surface area contributed by atoms with Gasteiger partial charge in [-0.2, -0.15) is 0 Å². The third-order valence-electron chi connectivity index (χ3n) is 3.74. The molecule has 7 heteroatoms. The van der Waals surface area contributed by atoms with Crippen LogP contribution < -0.4 is 20.1 Å². The maximum atomic E-state index is 5.40. The van der Waals surface area contributed by atoms with Gasteiger partial charge in [0.2, 0.25) is 6.79 Å². The molecule has 1 aliphatic heterocycles. The number of fused-ring (bicyclic) bond motifs is 1. The van der Waals surface area contributed by atoms with E-state index in [1.807, 2.05) is 31.2 Å². The Kier molecular flexibility index (Phi) is 7.30. The average Bonchev–Trinajstić information content (AvgIpc) is 3.06. The van der Waals surface area contributed by atoms with Crippen LogP contribution in [-0.2, 0) is 13.1 Å². The lowest BCUT2D eigenvalue weighted by atomic mass is 10.2. The number of nitrogens with one attached hydrogen (secondary N) is 2. The van der Waals surface area contributed by atoms with E-state index < -0.39 is 0 Å². The number of pyridine rings is 1. The minimum Gasteiger partial charge on any atom is -0.454 e. The summed E-state index contributed by atoms with van der Waals surface area (Å²) < 4.78 is 10.7. The molecule has 0 unspecified atom stereocenters. The van der Waals surface area contributed by atoms with Crippen LogP contribution in [0.25, 0.3) is 0 Å². The van der Waals surface area contributed by atoms with Gasteiger partial charge in [0.15, 0.2) is 17.5 Å². The van der Waals surface area contributed by atoms with Crippen molar-refractivity contribution in [3.05, 3.63) is 53.3 Å². The summed E-state index contributed by atoms with van der Waals surface area (Å²) in [5.41, 5.74) is 3.26. The van der Waals surface area contributed by atoms with Crippen LogP contribution in [0, 0.1) is 6.92 Å². The van der Waals surface area contributed by atoms with Crippen LogP contribution in [0.1, 0.15) is 23.7 Å². The monoisotopic (exact) mass is 454 g/mol. The number of hydrogen-bond acceptors (Lipinski definition) is 4. The van der Waals surface area contributed by atoms with Gasteiger partial charge in [-0.25, -0.2) is 4.99 Å². The Morgan fingerprint density at radius 2 is 2.04 bits per heavy atom. The van der Waals surface area contributed by atoms with Crippen molar-refractivity contribution < 1.29 is 9.47 Å². The first-order valence-electron chi connectivity index (χ1n) is 8.07. The molecule has 0 bridgehead atoms. The molecule has 0 saturated heterocycles. The Balaban J connectivity index is 0.00000225. The fourth-order valence-electron chi connectivity index (χ4n) is 2.42. The van der Waals surface area contributed by atoms with Crippen molar-refractivity contribution in [2.45, 2.75) is 26.9 Å². The molecule has 0 atom stereocenters. The normalized spacial score (nSPS) is 12.5. The molecule has 1 aromatic heterocycles. The van der Waals surface area contributed by atoms with Gasteiger partial charge in [0.1, 0.15) is 0 Å². The van der Waals surface area contributed by atoms with E-state index in [2.05, 4.69) is 33.6 Å². The number of hydrogen-bond donors (Lipinski definition) is 2. The highest BCUT2D eigenvalue weighted by molar-refractivity contribution is 14.0. The van der Waals surface area contributed by atoms with Crippen molar-refractivity contribution >= 4 is 29.9 Å². The highest BCUT2D eigenvalue weighted by Crippen LogP contribution is 2.32. The topological polar surface area (TPSA) is 67.8 Å². The maximum Gasteiger partial charge on any atom is 0.231 e. The summed E-state index contributed by atoms with van der Waals surface area (Å²) in [5.74, 6) is 2.34. The zero-order chi connectivity index (χ0) is 16.8. The standard InChI is InChI=1S/C18H22N4O2.HI/c1-3-19-18(22-11-15-13(2)5-4-8-20-15)21-10-14-6-7-16-17(9-14)24-12-23-16;/h4-9H,3,10-12H2,1-2H3,(H2,19,21,22);1H. The number of rotatable bonds is 5. The van der Waals surface area contributed by atoms with Crippen molar-refractivity contribution in [3.63, 3.8) is 0 Å². The van der Waals surface area contributed by atoms with Crippen LogP contribution in [0.5, 0.6) is 11.5 Å². The summed E-state index contributed by atoms with van der Waals surface area (Å²) in [4.78, 5) is 9.02. The largest absolute Gasteiger partial charge is 0.454 e. The van der Waals surface area contributed by atoms with Gasteiger partial charge in [-0.15, -0.1) is 24.0 Å². The van der Waals surface area contributed by atoms with E-state index in [4.69, 9.17) is 9.47 Å². The van der Waals surface area contributed by atoms with Crippen molar-refractivity contribution in [1.29, 1.82) is 0 Å². The summed E-state index contributed by atoms with van der Waals surface area (Å²) in [6, 6.07) is 9.89. The highest BCUT2D eigenvalue weighted by Gasteiger charge is 2.13. The van der Waals surface area contributed by atoms with E-state index in [1.165, 1.54) is 0 Å². The minimum atomic E-state index is 0. The summed E-state index contributed by atoms with van der Waals surface area (Å²) in [7, 11) is 0. The second-order valence-electron chi connectivity index (χ2n) is 5.50. The van der Waals surface area contributed by atoms with Gasteiger partial charge in [-0.05, 0) is 43.2 Å². The number of nitrogens with zero attached hydrogens (tertiary/aromatic N) is 2. The average molecular weight is 454 g/mol. The molecule has 0 amide bonds. The molecule has 3 rings (SSSR count). The van der Waals surface area contributed by atoms with Crippen LogP contribution >= 0.6 is 24.0 Å². The van der Waals surface area contributed by atoms with Gasteiger partial charge < -0.3 is 20.1 Å². The first-order chi connectivity index (χ1) is 11.8. The lowest BCUT2D eigenvalue weighted by Crippen LogP contribution is -2.37. The Morgan fingerprint density at radius 3 is 2.84 bits per heavy atom. The Bertz CT molecular complexity index is 737. The lowest BCUT2D eigenvalue weighted by Gasteiger charge is -2.12. The van der Waals surface area contributed by atoms with Crippen LogP contribution in [0.2, 0.25) is 0 Å². The van der Waals surface area contributed by atoms with Crippen molar-refractivity contribution in [2.24, 2.45) is 4.99 Å². The van der Waals surface area contributed by atoms with Crippen LogP contribution in [0.15, 0.2) is 41.5 Å². The van der Waals surface area contributed by atoms with Gasteiger partial charge in [-0.1, -0.05) is 12.1 Å². The number of guanidine groups is 1. The molecular weight excluding hydrogens is 431 g/mol. The number of ether oxygens (including phenoxy) is 2.